The summed E-state index contributed by atoms with van der Waals surface area (Å²) in [7, 11) is 0. The molecule has 0 unspecified atom stereocenters. The molecule has 9 heteroatoms. The highest BCUT2D eigenvalue weighted by Gasteiger charge is 2.26. The van der Waals surface area contributed by atoms with Crippen LogP contribution in [0.3, 0.4) is 0 Å². The van der Waals surface area contributed by atoms with Crippen LogP contribution in [0, 0.1) is 17.0 Å². The Balaban J connectivity index is 1.67. The lowest BCUT2D eigenvalue weighted by atomic mass is 10.1. The Bertz CT molecular complexity index is 906. The summed E-state index contributed by atoms with van der Waals surface area (Å²) < 4.78 is 5.44. The molecular formula is C17H17N3O5S. The highest BCUT2D eigenvalue weighted by Crippen LogP contribution is 2.38. The fourth-order valence-electron chi connectivity index (χ4n) is 2.97. The number of anilines is 1. The molecule has 0 bridgehead atoms. The number of amides is 2. The average Bonchev–Trinajstić information content (AvgIpc) is 3.13. The van der Waals surface area contributed by atoms with Gasteiger partial charge in [0.05, 0.1) is 10.5 Å². The average molecular weight is 375 g/mol. The van der Waals surface area contributed by atoms with E-state index in [1.165, 1.54) is 29.5 Å². The van der Waals surface area contributed by atoms with E-state index in [0.29, 0.717) is 21.9 Å². The van der Waals surface area contributed by atoms with Crippen molar-refractivity contribution < 1.29 is 19.2 Å². The van der Waals surface area contributed by atoms with E-state index in [1.54, 1.807) is 6.92 Å². The summed E-state index contributed by atoms with van der Waals surface area (Å²) in [5.41, 5.74) is 7.30. The zero-order valence-corrected chi connectivity index (χ0v) is 14.9. The van der Waals surface area contributed by atoms with Gasteiger partial charge < -0.3 is 15.8 Å². The Labute approximate surface area is 153 Å². The van der Waals surface area contributed by atoms with Gasteiger partial charge >= 0.3 is 0 Å². The van der Waals surface area contributed by atoms with Crippen molar-refractivity contribution in [3.05, 3.63) is 49.9 Å². The number of nitro benzene ring substituents is 1. The van der Waals surface area contributed by atoms with E-state index in [-0.39, 0.29) is 12.3 Å². The Morgan fingerprint density at radius 2 is 2.15 bits per heavy atom. The van der Waals surface area contributed by atoms with Crippen molar-refractivity contribution in [1.29, 1.82) is 0 Å². The van der Waals surface area contributed by atoms with Crippen molar-refractivity contribution in [3.63, 3.8) is 0 Å². The lowest BCUT2D eigenvalue weighted by molar-refractivity contribution is -0.384. The van der Waals surface area contributed by atoms with Gasteiger partial charge in [-0.15, -0.1) is 11.3 Å². The number of nitro groups is 1. The molecule has 0 radical (unpaired) electrons. The summed E-state index contributed by atoms with van der Waals surface area (Å²) in [4.78, 5) is 35.2. The first-order valence-electron chi connectivity index (χ1n) is 7.99. The predicted octanol–water partition coefficient (Wildman–Crippen LogP) is 2.57. The van der Waals surface area contributed by atoms with Gasteiger partial charge in [-0.2, -0.15) is 0 Å². The van der Waals surface area contributed by atoms with E-state index in [9.17, 15) is 19.7 Å². The van der Waals surface area contributed by atoms with Crippen molar-refractivity contribution in [2.75, 3.05) is 11.9 Å². The normalized spacial score (nSPS) is 12.5. The molecule has 8 nitrogen and oxygen atoms in total. The number of fused-ring (bicyclic) bond motifs is 1. The number of ether oxygens (including phenoxy) is 1. The van der Waals surface area contributed by atoms with Gasteiger partial charge in [0, 0.05) is 17.0 Å². The number of benzene rings is 1. The van der Waals surface area contributed by atoms with Crippen LogP contribution in [-0.2, 0) is 17.6 Å². The van der Waals surface area contributed by atoms with Crippen molar-refractivity contribution in [3.8, 4) is 5.75 Å². The largest absolute Gasteiger partial charge is 0.483 e. The Kier molecular flexibility index (Phi) is 4.90. The first kappa shape index (κ1) is 17.9. The minimum Gasteiger partial charge on any atom is -0.483 e. The summed E-state index contributed by atoms with van der Waals surface area (Å²) in [6, 6.07) is 4.15. The van der Waals surface area contributed by atoms with E-state index in [1.807, 2.05) is 0 Å². The highest BCUT2D eigenvalue weighted by molar-refractivity contribution is 7.17. The Morgan fingerprint density at radius 3 is 2.81 bits per heavy atom. The molecule has 0 atom stereocenters. The molecular weight excluding hydrogens is 358 g/mol. The summed E-state index contributed by atoms with van der Waals surface area (Å²) in [6.07, 6.45) is 2.66. The van der Waals surface area contributed by atoms with E-state index < -0.39 is 16.7 Å². The third-order valence-corrected chi connectivity index (χ3v) is 5.36. The van der Waals surface area contributed by atoms with E-state index in [2.05, 4.69) is 5.32 Å². The quantitative estimate of drug-likeness (QED) is 0.593. The smallest absolute Gasteiger partial charge is 0.269 e. The van der Waals surface area contributed by atoms with Gasteiger partial charge in [-0.3, -0.25) is 19.7 Å². The highest BCUT2D eigenvalue weighted by atomic mass is 32.1. The maximum Gasteiger partial charge on any atom is 0.269 e. The monoisotopic (exact) mass is 375 g/mol. The number of hydrogen-bond donors (Lipinski definition) is 2. The van der Waals surface area contributed by atoms with E-state index in [0.717, 1.165) is 29.7 Å². The lowest BCUT2D eigenvalue weighted by Crippen LogP contribution is -2.22. The van der Waals surface area contributed by atoms with Crippen LogP contribution in [0.2, 0.25) is 0 Å². The molecule has 0 saturated heterocycles. The lowest BCUT2D eigenvalue weighted by Gasteiger charge is -2.09. The second kappa shape index (κ2) is 7.12. The summed E-state index contributed by atoms with van der Waals surface area (Å²) in [5.74, 6) is -0.591. The van der Waals surface area contributed by atoms with Gasteiger partial charge in [-0.25, -0.2) is 0 Å². The molecule has 2 aromatic rings. The maximum atomic E-state index is 12.2. The SMILES string of the molecule is Cc1cc([N+](=O)[O-])ccc1OCC(=O)Nc1sc2c(c1C(N)=O)CCC2. The molecule has 0 saturated carbocycles. The minimum absolute atomic E-state index is 0.0431. The van der Waals surface area contributed by atoms with Gasteiger partial charge in [0.2, 0.25) is 0 Å². The number of thiophene rings is 1. The molecule has 1 aromatic carbocycles. The van der Waals surface area contributed by atoms with Crippen molar-refractivity contribution >= 4 is 33.8 Å². The zero-order chi connectivity index (χ0) is 18.8. The van der Waals surface area contributed by atoms with Crippen LogP contribution < -0.4 is 15.8 Å². The van der Waals surface area contributed by atoms with Crippen LogP contribution in [0.1, 0.15) is 32.8 Å². The molecule has 1 aliphatic carbocycles. The number of nitrogens with two attached hydrogens (primary N) is 1. The second-order valence-electron chi connectivity index (χ2n) is 5.97. The summed E-state index contributed by atoms with van der Waals surface area (Å²) in [5, 5.41) is 13.9. The van der Waals surface area contributed by atoms with Crippen LogP contribution in [-0.4, -0.2) is 23.3 Å². The number of carbonyl (C=O) groups excluding carboxylic acids is 2. The van der Waals surface area contributed by atoms with Gasteiger partial charge in [0.1, 0.15) is 10.8 Å². The molecule has 2 amide bonds. The molecule has 0 fully saturated rings. The number of nitrogens with zero attached hydrogens (tertiary/aromatic N) is 1. The molecule has 1 aliphatic rings. The standard InChI is InChI=1S/C17H17N3O5S/c1-9-7-10(20(23)24)5-6-12(9)25-8-14(21)19-17-15(16(18)22)11-3-2-4-13(11)26-17/h5-7H,2-4,8H2,1H3,(H2,18,22)(H,19,21). The first-order chi connectivity index (χ1) is 12.4. The number of non-ortho nitro benzene ring substituents is 1. The fourth-order valence-corrected chi connectivity index (χ4v) is 4.28. The van der Waals surface area contributed by atoms with Gasteiger partial charge in [-0.05, 0) is 43.4 Å². The Hall–Kier alpha value is -2.94. The molecule has 0 aliphatic heterocycles. The third-order valence-electron chi connectivity index (χ3n) is 4.15. The van der Waals surface area contributed by atoms with Crippen molar-refractivity contribution in [2.45, 2.75) is 26.2 Å². The molecule has 1 heterocycles. The van der Waals surface area contributed by atoms with Gasteiger partial charge in [0.25, 0.3) is 17.5 Å². The minimum atomic E-state index is -0.549. The second-order valence-corrected chi connectivity index (χ2v) is 7.07. The van der Waals surface area contributed by atoms with Crippen molar-refractivity contribution in [1.82, 2.24) is 0 Å². The summed E-state index contributed by atoms with van der Waals surface area (Å²) in [6.45, 7) is 1.38. The van der Waals surface area contributed by atoms with Crippen LogP contribution in [0.5, 0.6) is 5.75 Å². The van der Waals surface area contributed by atoms with Crippen LogP contribution in [0.25, 0.3) is 0 Å². The van der Waals surface area contributed by atoms with Crippen LogP contribution >= 0.6 is 11.3 Å². The zero-order valence-electron chi connectivity index (χ0n) is 14.0. The number of hydrogen-bond acceptors (Lipinski definition) is 6. The topological polar surface area (TPSA) is 125 Å². The molecule has 0 spiro atoms. The van der Waals surface area contributed by atoms with Gasteiger partial charge in [-0.1, -0.05) is 0 Å². The Morgan fingerprint density at radius 1 is 1.38 bits per heavy atom. The predicted molar refractivity (Wildman–Crippen MR) is 96.8 cm³/mol. The third kappa shape index (κ3) is 3.52. The molecule has 3 rings (SSSR count). The molecule has 136 valence electrons. The first-order valence-corrected chi connectivity index (χ1v) is 8.80. The number of rotatable bonds is 6. The molecule has 3 N–H and O–H groups in total. The van der Waals surface area contributed by atoms with Crippen molar-refractivity contribution in [2.24, 2.45) is 5.73 Å². The summed E-state index contributed by atoms with van der Waals surface area (Å²) >= 11 is 1.37. The van der Waals surface area contributed by atoms with Gasteiger partial charge in [0.15, 0.2) is 6.61 Å². The number of carbonyl (C=O) groups is 2. The van der Waals surface area contributed by atoms with Crippen LogP contribution in [0.15, 0.2) is 18.2 Å². The fraction of sp³-hybridized carbons (Fsp3) is 0.294. The van der Waals surface area contributed by atoms with E-state index in [4.69, 9.17) is 10.5 Å². The molecule has 1 aromatic heterocycles. The number of primary amides is 1. The van der Waals surface area contributed by atoms with E-state index >= 15 is 0 Å². The number of nitrogens with one attached hydrogen (secondary N) is 1. The number of aryl methyl sites for hydroxylation is 2. The maximum absolute atomic E-state index is 12.2. The van der Waals surface area contributed by atoms with Crippen LogP contribution in [0.4, 0.5) is 10.7 Å². The molecule has 26 heavy (non-hydrogen) atoms.